The molecule has 0 saturated heterocycles. The number of hydrogen-bond donors (Lipinski definition) is 8. The third-order valence-electron chi connectivity index (χ3n) is 7.03. The van der Waals surface area contributed by atoms with Crippen LogP contribution in [0.3, 0.4) is 0 Å². The second-order valence-electron chi connectivity index (χ2n) is 14.0. The Morgan fingerprint density at radius 1 is 0.650 bits per heavy atom. The fraction of sp³-hybridized carbons (Fsp3) is 0.771. The van der Waals surface area contributed by atoms with Crippen molar-refractivity contribution in [1.82, 2.24) is 21.3 Å². The van der Waals surface area contributed by atoms with Crippen molar-refractivity contribution in [2.75, 3.05) is 31.7 Å². The number of rotatable bonds is 27. The number of thioether (sulfide) groups is 1. The van der Waals surface area contributed by atoms with Crippen molar-refractivity contribution < 1.29 is 47.9 Å². The van der Waals surface area contributed by atoms with E-state index in [4.69, 9.17) is 19.6 Å². The molecule has 25 heteroatoms. The molecule has 354 valence electrons. The molecule has 0 saturated carbocycles. The Kier molecular flexibility index (Phi) is 49.2. The van der Waals surface area contributed by atoms with E-state index in [1.807, 2.05) is 27.7 Å². The number of ketones is 2. The number of allylic oxidation sites excluding steroid dienone is 1. The Bertz CT molecular complexity index is 1580. The smallest absolute Gasteiger partial charge is 0.348 e. The molecule has 0 aromatic carbocycles. The molecule has 0 bridgehead atoms. The summed E-state index contributed by atoms with van der Waals surface area (Å²) in [6.45, 7) is 21.6. The number of unbranched alkanes of at least 4 members (excludes halogenated alkanes) is 3. The molecule has 1 unspecified atom stereocenters. The van der Waals surface area contributed by atoms with Crippen LogP contribution >= 0.6 is 27.0 Å². The van der Waals surface area contributed by atoms with E-state index in [-0.39, 0.29) is 58.8 Å². The molecule has 0 aliphatic carbocycles. The number of carbonyl (C=O) groups is 4. The zero-order valence-electron chi connectivity index (χ0n) is 36.0. The lowest BCUT2D eigenvalue weighted by Gasteiger charge is -2.17. The minimum atomic E-state index is -4.12. The highest BCUT2D eigenvalue weighted by Gasteiger charge is 2.22. The summed E-state index contributed by atoms with van der Waals surface area (Å²) in [5.41, 5.74) is -0.330. The first-order valence-electron chi connectivity index (χ1n) is 19.2. The highest BCUT2D eigenvalue weighted by Crippen LogP contribution is 2.41. The summed E-state index contributed by atoms with van der Waals surface area (Å²) < 4.78 is 20.6. The van der Waals surface area contributed by atoms with Crippen molar-refractivity contribution in [2.24, 2.45) is 11.8 Å². The van der Waals surface area contributed by atoms with E-state index in [1.54, 1.807) is 61.5 Å². The molecular weight excluding hydrogens is 987 g/mol. The van der Waals surface area contributed by atoms with Crippen LogP contribution in [-0.2, 0) is 104 Å². The van der Waals surface area contributed by atoms with Gasteiger partial charge in [0.05, 0.1) is 5.49 Å². The quantitative estimate of drug-likeness (QED) is 0.0299. The molecule has 0 radical (unpaired) electrons. The highest BCUT2D eigenvalue weighted by molar-refractivity contribution is 8.70. The average molecular weight is 1060 g/mol. The van der Waals surface area contributed by atoms with Crippen molar-refractivity contribution in [3.63, 3.8) is 0 Å². The molecule has 1 atom stereocenters. The minimum Gasteiger partial charge on any atom is -0.356 e. The third-order valence-corrected chi connectivity index (χ3v) is 21.4. The van der Waals surface area contributed by atoms with Crippen LogP contribution in [0.1, 0.15) is 113 Å². The lowest BCUT2D eigenvalue weighted by molar-refractivity contribution is -0.123. The van der Waals surface area contributed by atoms with E-state index in [1.165, 1.54) is 30.6 Å². The lowest BCUT2D eigenvalue weighted by Crippen LogP contribution is -2.34. The van der Waals surface area contributed by atoms with Gasteiger partial charge in [-0.15, -0.1) is 11.8 Å². The minimum absolute atomic E-state index is 0.0368. The van der Waals surface area contributed by atoms with Gasteiger partial charge in [-0.05, 0) is 25.8 Å². The van der Waals surface area contributed by atoms with Crippen molar-refractivity contribution in [2.45, 2.75) is 131 Å². The topological polar surface area (TPSA) is 231 Å². The standard InChI is InChI=1S/C18H34N2O2.C15H31N2O5PS.C2H5O3P.S8/c1-15(2)17(21)11-7-8-12-18(22)20-14-10-6-5-9-13-19-16(3)4;1-11(2)14(18)9-13(24-10-23(20,21)22)5-6-15(19)17-8-7-16-12(3)4;1-2-6(3,4)5;1-3-5-7-8-6-4-2/h7-8,15-16,19H,5-6,9-14H2,1-4H3,(H,20,22);11-13,16H,5-10H2,1-4H3,(H,17,19)(H2,20,21,22);2H,1H2,(H2,3,4,5);/b8-7+;;;. The van der Waals surface area contributed by atoms with Gasteiger partial charge in [-0.2, -0.15) is 0 Å². The maximum Gasteiger partial charge on any atom is 0.348 e. The van der Waals surface area contributed by atoms with Crippen molar-refractivity contribution >= 4 is 126 Å². The third kappa shape index (κ3) is 60.2. The van der Waals surface area contributed by atoms with Gasteiger partial charge >= 0.3 is 15.2 Å². The van der Waals surface area contributed by atoms with E-state index in [9.17, 15) is 28.3 Å². The Balaban J connectivity index is -0.000000397. The Morgan fingerprint density at radius 2 is 1.12 bits per heavy atom. The molecular formula is C35H70N4O10P2S9. The largest absolute Gasteiger partial charge is 0.356 e. The molecule has 0 rings (SSSR count). The molecule has 0 aliphatic rings. The molecule has 0 aromatic rings. The highest BCUT2D eigenvalue weighted by atomic mass is 33.4. The van der Waals surface area contributed by atoms with Crippen molar-refractivity contribution in [1.29, 1.82) is 0 Å². The molecule has 2 amide bonds. The van der Waals surface area contributed by atoms with Crippen LogP contribution in [0.5, 0.6) is 0 Å². The Morgan fingerprint density at radius 3 is 1.57 bits per heavy atom. The van der Waals surface area contributed by atoms with E-state index in [0.717, 1.165) is 37.7 Å². The molecule has 0 heterocycles. The summed E-state index contributed by atoms with van der Waals surface area (Å²) in [4.78, 5) is 80.3. The van der Waals surface area contributed by atoms with E-state index >= 15 is 0 Å². The number of carbonyl (C=O) groups excluding carboxylic acids is 4. The van der Waals surface area contributed by atoms with Crippen LogP contribution in [0.25, 0.3) is 0 Å². The predicted molar refractivity (Wildman–Crippen MR) is 272 cm³/mol. The molecule has 0 aromatic heterocycles. The summed E-state index contributed by atoms with van der Waals surface area (Å²) >= 11 is 10.3. The molecule has 0 aliphatic heterocycles. The second-order valence-corrected chi connectivity index (χ2v) is 29.5. The first-order valence-corrected chi connectivity index (χ1v) is 33.1. The summed E-state index contributed by atoms with van der Waals surface area (Å²) in [6.07, 6.45) is 9.84. The van der Waals surface area contributed by atoms with Crippen molar-refractivity contribution in [3.8, 4) is 0 Å². The zero-order valence-corrected chi connectivity index (χ0v) is 45.2. The van der Waals surface area contributed by atoms with Crippen molar-refractivity contribution in [3.05, 3.63) is 24.5 Å². The van der Waals surface area contributed by atoms with Gasteiger partial charge in [-0.25, -0.2) is 0 Å². The summed E-state index contributed by atoms with van der Waals surface area (Å²) in [7, 11) is 1.12. The van der Waals surface area contributed by atoms with Crippen LogP contribution < -0.4 is 21.3 Å². The van der Waals surface area contributed by atoms with Gasteiger partial charge in [0.25, 0.3) is 0 Å². The van der Waals surface area contributed by atoms with Crippen LogP contribution in [0.4, 0.5) is 0 Å². The van der Waals surface area contributed by atoms with E-state index in [2.05, 4.69) is 64.1 Å². The normalized spacial score (nSPS) is 11.5. The molecule has 14 nitrogen and oxygen atoms in total. The summed E-state index contributed by atoms with van der Waals surface area (Å²) in [5, 5.41) is 12.0. The number of hydrogen-bond acceptors (Lipinski definition) is 11. The lowest BCUT2D eigenvalue weighted by atomic mass is 10.0. The van der Waals surface area contributed by atoms with Gasteiger partial charge in [-0.3, -0.25) is 28.3 Å². The summed E-state index contributed by atoms with van der Waals surface area (Å²) in [5.74, 6) is 0.721. The van der Waals surface area contributed by atoms with Gasteiger partial charge in [0.2, 0.25) is 11.8 Å². The monoisotopic (exact) mass is 1060 g/mol. The van der Waals surface area contributed by atoms with Gasteiger partial charge in [0, 0.05) is 156 Å². The van der Waals surface area contributed by atoms with Gasteiger partial charge in [0.15, 0.2) is 0 Å². The molecule has 0 fully saturated rings. The fourth-order valence-electron chi connectivity index (χ4n) is 3.82. The SMILES string of the molecule is C=CP(=O)(O)O.CC(C)NCCCCCCNC(=O)C/C=C/CC(=O)C(C)C.CC(C)NCCNC(=O)CCC(CC(=O)C(C)C)SCP(=O)(O)O.S=S=S=S=S=S=S=S. The number of amides is 2. The second kappa shape index (κ2) is 44.3. The van der Waals surface area contributed by atoms with Crippen LogP contribution in [-0.4, -0.2) is 92.0 Å². The Labute approximate surface area is 390 Å². The van der Waals surface area contributed by atoms with Crippen LogP contribution in [0, 0.1) is 11.8 Å². The van der Waals surface area contributed by atoms with Gasteiger partial charge in [-0.1, -0.05) is 87.0 Å². The average Bonchev–Trinajstić information content (AvgIpc) is 3.15. The number of Topliss-reactive ketones (excluding diaryl/α,β-unsaturated/α-hetero) is 2. The van der Waals surface area contributed by atoms with Crippen LogP contribution in [0.15, 0.2) is 24.5 Å². The first kappa shape index (κ1) is 66.7. The zero-order chi connectivity index (χ0) is 47.0. The first-order chi connectivity index (χ1) is 27.9. The molecule has 8 N–H and O–H groups in total. The Hall–Kier alpha value is 0.0900. The maximum atomic E-state index is 11.9. The van der Waals surface area contributed by atoms with Crippen LogP contribution in [0.2, 0.25) is 0 Å². The molecule has 60 heavy (non-hydrogen) atoms. The van der Waals surface area contributed by atoms with E-state index < -0.39 is 15.2 Å². The fourth-order valence-corrected chi connectivity index (χ4v) is 17.0. The predicted octanol–water partition coefficient (Wildman–Crippen LogP) is 5.24. The number of nitrogens with one attached hydrogen (secondary N) is 4. The van der Waals surface area contributed by atoms with Gasteiger partial charge < -0.3 is 40.8 Å². The van der Waals surface area contributed by atoms with E-state index in [0.29, 0.717) is 50.3 Å². The maximum absolute atomic E-state index is 11.9. The summed E-state index contributed by atoms with van der Waals surface area (Å²) in [6, 6.07) is 0.917. The van der Waals surface area contributed by atoms with Gasteiger partial charge in [0.1, 0.15) is 11.6 Å². The molecule has 0 spiro atoms.